The van der Waals surface area contributed by atoms with Crippen molar-refractivity contribution in [3.8, 4) is 0 Å². The van der Waals surface area contributed by atoms with Gasteiger partial charge in [0, 0.05) is 11.1 Å². The molecule has 1 aromatic rings. The number of benzene rings is 1. The molecule has 0 saturated heterocycles. The first kappa shape index (κ1) is 14.5. The van der Waals surface area contributed by atoms with Crippen LogP contribution in [0.3, 0.4) is 0 Å². The molecule has 0 radical (unpaired) electrons. The van der Waals surface area contributed by atoms with E-state index in [1.807, 2.05) is 19.2 Å². The fourth-order valence-electron chi connectivity index (χ4n) is 2.39. The van der Waals surface area contributed by atoms with Gasteiger partial charge in [0.05, 0.1) is 0 Å². The van der Waals surface area contributed by atoms with Gasteiger partial charge in [-0.2, -0.15) is 0 Å². The van der Waals surface area contributed by atoms with E-state index in [0.717, 1.165) is 18.0 Å². The normalized spacial score (nSPS) is 14.9. The van der Waals surface area contributed by atoms with Crippen LogP contribution in [-0.4, -0.2) is 32.6 Å². The fourth-order valence-corrected chi connectivity index (χ4v) is 2.52. The third-order valence-electron chi connectivity index (χ3n) is 3.21. The lowest BCUT2D eigenvalue weighted by Crippen LogP contribution is -2.32. The molecule has 1 N–H and O–H groups in total. The standard InChI is InChI=1S/C14H23ClN2/c1-5-11(10-16-2)14(17(3)4)12-6-8-13(15)9-7-12/h6-9,11,14,16H,5,10H2,1-4H3. The number of halogens is 1. The summed E-state index contributed by atoms with van der Waals surface area (Å²) in [5, 5.41) is 4.08. The van der Waals surface area contributed by atoms with Crippen molar-refractivity contribution in [2.24, 2.45) is 5.92 Å². The summed E-state index contributed by atoms with van der Waals surface area (Å²) < 4.78 is 0. The first-order valence-corrected chi connectivity index (χ1v) is 6.54. The summed E-state index contributed by atoms with van der Waals surface area (Å²) in [6, 6.07) is 8.64. The van der Waals surface area contributed by atoms with Crippen molar-refractivity contribution in [2.45, 2.75) is 19.4 Å². The first-order chi connectivity index (χ1) is 8.10. The fraction of sp³-hybridized carbons (Fsp3) is 0.571. The second-order valence-corrected chi connectivity index (χ2v) is 5.12. The molecule has 1 aromatic carbocycles. The van der Waals surface area contributed by atoms with Gasteiger partial charge in [0.2, 0.25) is 0 Å². The maximum absolute atomic E-state index is 5.94. The van der Waals surface area contributed by atoms with Crippen LogP contribution in [0.4, 0.5) is 0 Å². The Morgan fingerprint density at radius 1 is 1.24 bits per heavy atom. The maximum atomic E-state index is 5.94. The molecule has 17 heavy (non-hydrogen) atoms. The molecular formula is C14H23ClN2. The highest BCUT2D eigenvalue weighted by Gasteiger charge is 2.23. The molecule has 3 heteroatoms. The average Bonchev–Trinajstić information content (AvgIpc) is 2.30. The molecule has 2 nitrogen and oxygen atoms in total. The van der Waals surface area contributed by atoms with Gasteiger partial charge in [-0.25, -0.2) is 0 Å². The summed E-state index contributed by atoms with van der Waals surface area (Å²) >= 11 is 5.94. The zero-order valence-corrected chi connectivity index (χ0v) is 12.0. The summed E-state index contributed by atoms with van der Waals surface area (Å²) in [6.45, 7) is 3.27. The molecule has 0 aliphatic carbocycles. The third-order valence-corrected chi connectivity index (χ3v) is 3.46. The lowest BCUT2D eigenvalue weighted by atomic mass is 9.90. The van der Waals surface area contributed by atoms with Crippen molar-refractivity contribution >= 4 is 11.6 Å². The minimum Gasteiger partial charge on any atom is -0.319 e. The number of hydrogen-bond donors (Lipinski definition) is 1. The van der Waals surface area contributed by atoms with Crippen molar-refractivity contribution in [1.82, 2.24) is 10.2 Å². The smallest absolute Gasteiger partial charge is 0.0406 e. The summed E-state index contributed by atoms with van der Waals surface area (Å²) in [4.78, 5) is 2.29. The zero-order valence-electron chi connectivity index (χ0n) is 11.2. The van der Waals surface area contributed by atoms with E-state index in [0.29, 0.717) is 12.0 Å². The van der Waals surface area contributed by atoms with E-state index in [4.69, 9.17) is 11.6 Å². The van der Waals surface area contributed by atoms with Gasteiger partial charge >= 0.3 is 0 Å². The minimum absolute atomic E-state index is 0.435. The van der Waals surface area contributed by atoms with E-state index in [1.54, 1.807) is 0 Å². The van der Waals surface area contributed by atoms with Gasteiger partial charge < -0.3 is 10.2 Å². The van der Waals surface area contributed by atoms with E-state index in [-0.39, 0.29) is 0 Å². The summed E-state index contributed by atoms with van der Waals surface area (Å²) in [5.74, 6) is 0.608. The largest absolute Gasteiger partial charge is 0.319 e. The van der Waals surface area contributed by atoms with Crippen molar-refractivity contribution in [1.29, 1.82) is 0 Å². The van der Waals surface area contributed by atoms with Crippen molar-refractivity contribution in [2.75, 3.05) is 27.7 Å². The second kappa shape index (κ2) is 7.00. The van der Waals surface area contributed by atoms with E-state index in [2.05, 4.69) is 43.4 Å². The Morgan fingerprint density at radius 3 is 2.24 bits per heavy atom. The highest BCUT2D eigenvalue weighted by atomic mass is 35.5. The predicted octanol–water partition coefficient (Wildman–Crippen LogP) is 3.19. The Morgan fingerprint density at radius 2 is 1.82 bits per heavy atom. The van der Waals surface area contributed by atoms with Crippen LogP contribution < -0.4 is 5.32 Å². The Bertz CT molecular complexity index is 321. The molecule has 0 aromatic heterocycles. The number of nitrogens with one attached hydrogen (secondary N) is 1. The van der Waals surface area contributed by atoms with Crippen LogP contribution in [0.1, 0.15) is 24.9 Å². The molecule has 0 amide bonds. The van der Waals surface area contributed by atoms with E-state index >= 15 is 0 Å². The monoisotopic (exact) mass is 254 g/mol. The van der Waals surface area contributed by atoms with Crippen LogP contribution in [-0.2, 0) is 0 Å². The van der Waals surface area contributed by atoms with E-state index < -0.39 is 0 Å². The average molecular weight is 255 g/mol. The molecular weight excluding hydrogens is 232 g/mol. The van der Waals surface area contributed by atoms with Crippen LogP contribution in [0.2, 0.25) is 5.02 Å². The zero-order chi connectivity index (χ0) is 12.8. The Hall–Kier alpha value is -0.570. The van der Waals surface area contributed by atoms with E-state index in [1.165, 1.54) is 5.56 Å². The number of hydrogen-bond acceptors (Lipinski definition) is 2. The summed E-state index contributed by atoms with van der Waals surface area (Å²) in [7, 11) is 6.28. The van der Waals surface area contributed by atoms with Gasteiger partial charge in [0.15, 0.2) is 0 Å². The minimum atomic E-state index is 0.435. The van der Waals surface area contributed by atoms with Gasteiger partial charge in [-0.05, 0) is 51.3 Å². The predicted molar refractivity (Wildman–Crippen MR) is 75.6 cm³/mol. The van der Waals surface area contributed by atoms with Gasteiger partial charge in [-0.1, -0.05) is 37.1 Å². The molecule has 0 saturated carbocycles. The topological polar surface area (TPSA) is 15.3 Å². The molecule has 0 spiro atoms. The molecule has 0 aliphatic heterocycles. The maximum Gasteiger partial charge on any atom is 0.0406 e. The van der Waals surface area contributed by atoms with Gasteiger partial charge in [0.1, 0.15) is 0 Å². The Kier molecular flexibility index (Phi) is 5.96. The Labute approximate surface area is 110 Å². The SMILES string of the molecule is CCC(CNC)C(c1ccc(Cl)cc1)N(C)C. The number of nitrogens with zero attached hydrogens (tertiary/aromatic N) is 1. The first-order valence-electron chi connectivity index (χ1n) is 6.16. The lowest BCUT2D eigenvalue weighted by Gasteiger charge is -2.32. The Balaban J connectivity index is 2.95. The van der Waals surface area contributed by atoms with E-state index in [9.17, 15) is 0 Å². The summed E-state index contributed by atoms with van der Waals surface area (Å²) in [6.07, 6.45) is 1.16. The van der Waals surface area contributed by atoms with Crippen LogP contribution in [0.5, 0.6) is 0 Å². The van der Waals surface area contributed by atoms with Crippen molar-refractivity contribution < 1.29 is 0 Å². The van der Waals surface area contributed by atoms with Crippen molar-refractivity contribution in [3.05, 3.63) is 34.9 Å². The highest BCUT2D eigenvalue weighted by molar-refractivity contribution is 6.30. The van der Waals surface area contributed by atoms with Gasteiger partial charge in [-0.3, -0.25) is 0 Å². The molecule has 2 unspecified atom stereocenters. The van der Waals surface area contributed by atoms with Crippen LogP contribution in [0.25, 0.3) is 0 Å². The van der Waals surface area contributed by atoms with Gasteiger partial charge in [-0.15, -0.1) is 0 Å². The third kappa shape index (κ3) is 3.98. The molecule has 0 fully saturated rings. The molecule has 96 valence electrons. The quantitative estimate of drug-likeness (QED) is 0.839. The van der Waals surface area contributed by atoms with Gasteiger partial charge in [0.25, 0.3) is 0 Å². The van der Waals surface area contributed by atoms with Crippen molar-refractivity contribution in [3.63, 3.8) is 0 Å². The molecule has 2 atom stereocenters. The molecule has 0 bridgehead atoms. The summed E-state index contributed by atoms with van der Waals surface area (Å²) in [5.41, 5.74) is 1.33. The molecule has 0 aliphatic rings. The number of rotatable bonds is 6. The second-order valence-electron chi connectivity index (χ2n) is 4.69. The van der Waals surface area contributed by atoms with Crippen LogP contribution >= 0.6 is 11.6 Å². The highest BCUT2D eigenvalue weighted by Crippen LogP contribution is 2.29. The van der Waals surface area contributed by atoms with Crippen LogP contribution in [0, 0.1) is 5.92 Å². The molecule has 0 heterocycles. The van der Waals surface area contributed by atoms with Crippen LogP contribution in [0.15, 0.2) is 24.3 Å². The lowest BCUT2D eigenvalue weighted by molar-refractivity contribution is 0.204. The molecule has 1 rings (SSSR count).